The van der Waals surface area contributed by atoms with Gasteiger partial charge < -0.3 is 10.1 Å². The van der Waals surface area contributed by atoms with Gasteiger partial charge in [-0.3, -0.25) is 9.78 Å². The molecule has 7 nitrogen and oxygen atoms in total. The lowest BCUT2D eigenvalue weighted by Crippen LogP contribution is -2.40. The van der Waals surface area contributed by atoms with Gasteiger partial charge >= 0.3 is 6.18 Å². The molecule has 0 unspecified atom stereocenters. The molecular weight excluding hydrogens is 447 g/mol. The van der Waals surface area contributed by atoms with Crippen LogP contribution in [0.1, 0.15) is 15.9 Å². The summed E-state index contributed by atoms with van der Waals surface area (Å²) in [6, 6.07) is 10.1. The number of ether oxygens (including phenoxy) is 1. The van der Waals surface area contributed by atoms with Gasteiger partial charge in [0.1, 0.15) is 0 Å². The lowest BCUT2D eigenvalue weighted by molar-refractivity contribution is -0.137. The second-order valence-electron chi connectivity index (χ2n) is 7.09. The molecule has 0 aliphatic carbocycles. The number of carbonyl (C=O) groups excluding carboxylic acids is 1. The van der Waals surface area contributed by atoms with E-state index in [0.29, 0.717) is 18.6 Å². The molecule has 0 spiro atoms. The highest BCUT2D eigenvalue weighted by atomic mass is 32.2. The van der Waals surface area contributed by atoms with E-state index in [4.69, 9.17) is 4.74 Å². The summed E-state index contributed by atoms with van der Waals surface area (Å²) in [6.45, 7) is 1.04. The number of halogens is 3. The molecule has 0 bridgehead atoms. The maximum atomic E-state index is 13.0. The number of pyridine rings is 1. The zero-order valence-electron chi connectivity index (χ0n) is 16.6. The van der Waals surface area contributed by atoms with Crippen LogP contribution in [0, 0.1) is 0 Å². The smallest absolute Gasteiger partial charge is 0.379 e. The summed E-state index contributed by atoms with van der Waals surface area (Å²) in [7, 11) is -3.79. The third kappa shape index (κ3) is 4.45. The fraction of sp³-hybridized carbons (Fsp3) is 0.238. The lowest BCUT2D eigenvalue weighted by atomic mass is 10.1. The zero-order chi connectivity index (χ0) is 22.9. The van der Waals surface area contributed by atoms with Crippen LogP contribution in [0.2, 0.25) is 0 Å². The van der Waals surface area contributed by atoms with E-state index in [1.54, 1.807) is 0 Å². The predicted octanol–water partition coefficient (Wildman–Crippen LogP) is 3.53. The van der Waals surface area contributed by atoms with Gasteiger partial charge in [0, 0.05) is 30.2 Å². The molecule has 1 N–H and O–H groups in total. The third-order valence-corrected chi connectivity index (χ3v) is 6.92. The van der Waals surface area contributed by atoms with E-state index in [9.17, 15) is 26.4 Å². The molecule has 4 rings (SSSR count). The fourth-order valence-electron chi connectivity index (χ4n) is 3.36. The van der Waals surface area contributed by atoms with Crippen LogP contribution in [0.5, 0.6) is 0 Å². The Morgan fingerprint density at radius 3 is 2.53 bits per heavy atom. The number of hydrogen-bond donors (Lipinski definition) is 1. The van der Waals surface area contributed by atoms with E-state index in [0.717, 1.165) is 12.1 Å². The zero-order valence-corrected chi connectivity index (χ0v) is 17.4. The van der Waals surface area contributed by atoms with Crippen molar-refractivity contribution in [3.05, 3.63) is 65.9 Å². The van der Waals surface area contributed by atoms with Crippen LogP contribution in [-0.4, -0.2) is 49.9 Å². The lowest BCUT2D eigenvalue weighted by Gasteiger charge is -2.26. The maximum Gasteiger partial charge on any atom is 0.416 e. The first kappa shape index (κ1) is 22.2. The van der Waals surface area contributed by atoms with Crippen molar-refractivity contribution < 1.29 is 31.1 Å². The van der Waals surface area contributed by atoms with E-state index < -0.39 is 27.7 Å². The van der Waals surface area contributed by atoms with Crippen LogP contribution in [0.15, 0.2) is 59.6 Å². The normalized spacial score (nSPS) is 15.6. The number of fused-ring (bicyclic) bond motifs is 1. The molecule has 0 saturated carbocycles. The Morgan fingerprint density at radius 1 is 1.06 bits per heavy atom. The van der Waals surface area contributed by atoms with E-state index in [1.165, 1.54) is 46.9 Å². The summed E-state index contributed by atoms with van der Waals surface area (Å²) in [6.07, 6.45) is -3.22. The number of hydrogen-bond acceptors (Lipinski definition) is 5. The van der Waals surface area contributed by atoms with Gasteiger partial charge in [0.2, 0.25) is 10.0 Å². The topological polar surface area (TPSA) is 88.6 Å². The SMILES string of the molecule is O=C(Nc1ccnc2cc(C(F)(F)F)ccc12)c1cccc(S(=O)(=O)N2CCOCC2)c1. The van der Waals surface area contributed by atoms with E-state index in [1.807, 2.05) is 0 Å². The highest BCUT2D eigenvalue weighted by Gasteiger charge is 2.31. The monoisotopic (exact) mass is 465 g/mol. The molecule has 168 valence electrons. The number of amides is 1. The van der Waals surface area contributed by atoms with E-state index >= 15 is 0 Å². The average molecular weight is 465 g/mol. The molecule has 1 aliphatic rings. The predicted molar refractivity (Wildman–Crippen MR) is 111 cm³/mol. The molecule has 1 amide bonds. The van der Waals surface area contributed by atoms with Gasteiger partial charge in [-0.15, -0.1) is 0 Å². The molecule has 32 heavy (non-hydrogen) atoms. The van der Waals surface area contributed by atoms with Gasteiger partial charge in [0.15, 0.2) is 0 Å². The second kappa shape index (κ2) is 8.49. The van der Waals surface area contributed by atoms with Crippen molar-refractivity contribution in [2.75, 3.05) is 31.6 Å². The summed E-state index contributed by atoms with van der Waals surface area (Å²) >= 11 is 0. The molecular formula is C21H18F3N3O4S. The quantitative estimate of drug-likeness (QED) is 0.637. The molecule has 2 aromatic carbocycles. The highest BCUT2D eigenvalue weighted by molar-refractivity contribution is 7.89. The average Bonchev–Trinajstić information content (AvgIpc) is 2.79. The van der Waals surface area contributed by atoms with E-state index in [2.05, 4.69) is 10.3 Å². The Balaban J connectivity index is 1.61. The van der Waals surface area contributed by atoms with Gasteiger partial charge in [0.05, 0.1) is 34.9 Å². The Bertz CT molecular complexity index is 1270. The molecule has 0 radical (unpaired) electrons. The molecule has 11 heteroatoms. The van der Waals surface area contributed by atoms with Gasteiger partial charge in [-0.2, -0.15) is 17.5 Å². The van der Waals surface area contributed by atoms with Crippen molar-refractivity contribution in [1.82, 2.24) is 9.29 Å². The summed E-state index contributed by atoms with van der Waals surface area (Å²) in [5.74, 6) is -0.601. The molecule has 1 fully saturated rings. The Morgan fingerprint density at radius 2 is 1.81 bits per heavy atom. The number of nitrogens with zero attached hydrogens (tertiary/aromatic N) is 2. The van der Waals surface area contributed by atoms with Crippen LogP contribution in [0.25, 0.3) is 10.9 Å². The van der Waals surface area contributed by atoms with Gasteiger partial charge in [-0.25, -0.2) is 8.42 Å². The van der Waals surface area contributed by atoms with Crippen LogP contribution >= 0.6 is 0 Å². The number of carbonyl (C=O) groups is 1. The molecule has 2 heterocycles. The number of rotatable bonds is 4. The molecule has 1 saturated heterocycles. The van der Waals surface area contributed by atoms with Crippen molar-refractivity contribution in [2.24, 2.45) is 0 Å². The largest absolute Gasteiger partial charge is 0.416 e. The van der Waals surface area contributed by atoms with Crippen LogP contribution < -0.4 is 5.32 Å². The summed E-state index contributed by atoms with van der Waals surface area (Å²) < 4.78 is 71.0. The minimum absolute atomic E-state index is 0.0264. The van der Waals surface area contributed by atoms with Gasteiger partial charge in [0.25, 0.3) is 5.91 Å². The van der Waals surface area contributed by atoms with Gasteiger partial charge in [-0.05, 0) is 36.4 Å². The summed E-state index contributed by atoms with van der Waals surface area (Å²) in [5.41, 5.74) is -0.422. The standard InChI is InChI=1S/C21H18F3N3O4S/c22-21(23,24)15-4-5-17-18(6-7-25-19(17)13-15)26-20(28)14-2-1-3-16(12-14)32(29,30)27-8-10-31-11-9-27/h1-7,12-13H,8-11H2,(H,25,26,28). The molecule has 1 aliphatic heterocycles. The van der Waals surface area contributed by atoms with Crippen molar-refractivity contribution in [3.63, 3.8) is 0 Å². The van der Waals surface area contributed by atoms with Crippen molar-refractivity contribution in [3.8, 4) is 0 Å². The fourth-order valence-corrected chi connectivity index (χ4v) is 4.82. The number of aromatic nitrogens is 1. The Hall–Kier alpha value is -3.02. The number of morpholine rings is 1. The van der Waals surface area contributed by atoms with Crippen molar-refractivity contribution in [1.29, 1.82) is 0 Å². The maximum absolute atomic E-state index is 13.0. The number of anilines is 1. The number of benzene rings is 2. The number of sulfonamides is 1. The van der Waals surface area contributed by atoms with Crippen molar-refractivity contribution in [2.45, 2.75) is 11.1 Å². The number of nitrogens with one attached hydrogen (secondary N) is 1. The van der Waals surface area contributed by atoms with E-state index in [-0.39, 0.29) is 34.8 Å². The van der Waals surface area contributed by atoms with Crippen LogP contribution in [0.3, 0.4) is 0 Å². The summed E-state index contributed by atoms with van der Waals surface area (Å²) in [4.78, 5) is 16.7. The number of alkyl halides is 3. The molecule has 0 atom stereocenters. The van der Waals surface area contributed by atoms with Crippen molar-refractivity contribution >= 4 is 32.5 Å². The Kier molecular flexibility index (Phi) is 5.89. The second-order valence-corrected chi connectivity index (χ2v) is 9.02. The first-order valence-corrected chi connectivity index (χ1v) is 11.1. The minimum atomic E-state index is -4.51. The Labute approximate surface area is 181 Å². The van der Waals surface area contributed by atoms with Gasteiger partial charge in [-0.1, -0.05) is 12.1 Å². The molecule has 3 aromatic rings. The van der Waals surface area contributed by atoms with Crippen LogP contribution in [-0.2, 0) is 20.9 Å². The third-order valence-electron chi connectivity index (χ3n) is 5.02. The summed E-state index contributed by atoms with van der Waals surface area (Å²) in [5, 5.41) is 2.95. The van der Waals surface area contributed by atoms with Crippen LogP contribution in [0.4, 0.5) is 18.9 Å². The first-order valence-electron chi connectivity index (χ1n) is 9.61. The molecule has 1 aromatic heterocycles. The minimum Gasteiger partial charge on any atom is -0.379 e. The first-order chi connectivity index (χ1) is 15.2. The highest BCUT2D eigenvalue weighted by Crippen LogP contribution is 2.32.